The van der Waals surface area contributed by atoms with Crippen molar-refractivity contribution < 1.29 is 0 Å². The number of hydrogen-bond acceptors (Lipinski definition) is 1. The number of nitrogens with one attached hydrogen (secondary N) is 1. The highest BCUT2D eigenvalue weighted by molar-refractivity contribution is 5.67. The van der Waals surface area contributed by atoms with Crippen molar-refractivity contribution in [3.8, 4) is 11.1 Å². The summed E-state index contributed by atoms with van der Waals surface area (Å²) in [6.45, 7) is 0. The van der Waals surface area contributed by atoms with E-state index in [-0.39, 0.29) is 0 Å². The van der Waals surface area contributed by atoms with Crippen molar-refractivity contribution in [1.82, 2.24) is 0 Å². The largest absolute Gasteiger partial charge is 0.378 e. The molecule has 2 rings (SSSR count). The van der Waals surface area contributed by atoms with Gasteiger partial charge in [-0.1, -0.05) is 42.5 Å². The third kappa shape index (κ3) is 1.77. The fourth-order valence-electron chi connectivity index (χ4n) is 1.42. The molecule has 0 saturated heterocycles. The number of benzene rings is 2. The zero-order valence-corrected chi connectivity index (χ0v) is 7.77. The first-order chi connectivity index (χ1) is 6.90. The van der Waals surface area contributed by atoms with E-state index in [9.17, 15) is 0 Å². The SMILES string of the molecule is [CH]Nc1cccc(-c2ccccc2)c1. The Morgan fingerprint density at radius 1 is 0.786 bits per heavy atom. The van der Waals surface area contributed by atoms with Crippen LogP contribution in [0.4, 0.5) is 5.69 Å². The van der Waals surface area contributed by atoms with Gasteiger partial charge in [0.2, 0.25) is 0 Å². The monoisotopic (exact) mass is 181 g/mol. The first kappa shape index (κ1) is 8.82. The van der Waals surface area contributed by atoms with Gasteiger partial charge in [0.1, 0.15) is 0 Å². The molecule has 0 saturated carbocycles. The van der Waals surface area contributed by atoms with Crippen molar-refractivity contribution in [2.45, 2.75) is 0 Å². The Morgan fingerprint density at radius 3 is 2.21 bits per heavy atom. The maximum Gasteiger partial charge on any atom is 0.0705 e. The van der Waals surface area contributed by atoms with Gasteiger partial charge in [-0.05, 0) is 23.3 Å². The van der Waals surface area contributed by atoms with Gasteiger partial charge < -0.3 is 5.32 Å². The van der Waals surface area contributed by atoms with Gasteiger partial charge in [0, 0.05) is 5.69 Å². The highest BCUT2D eigenvalue weighted by atomic mass is 14.8. The average molecular weight is 181 g/mol. The molecular weight excluding hydrogens is 170 g/mol. The molecule has 0 aliphatic rings. The first-order valence-electron chi connectivity index (χ1n) is 4.52. The van der Waals surface area contributed by atoms with Gasteiger partial charge in [0.25, 0.3) is 0 Å². The van der Waals surface area contributed by atoms with Crippen molar-refractivity contribution in [2.75, 3.05) is 5.32 Å². The van der Waals surface area contributed by atoms with Crippen LogP contribution >= 0.6 is 0 Å². The van der Waals surface area contributed by atoms with E-state index in [2.05, 4.69) is 23.5 Å². The minimum Gasteiger partial charge on any atom is -0.378 e. The third-order valence-corrected chi connectivity index (χ3v) is 2.14. The Balaban J connectivity index is 2.42. The predicted molar refractivity (Wildman–Crippen MR) is 59.8 cm³/mol. The van der Waals surface area contributed by atoms with Crippen molar-refractivity contribution in [1.29, 1.82) is 0 Å². The Hall–Kier alpha value is -1.76. The van der Waals surface area contributed by atoms with E-state index in [4.69, 9.17) is 7.05 Å². The highest BCUT2D eigenvalue weighted by Gasteiger charge is 1.96. The summed E-state index contributed by atoms with van der Waals surface area (Å²) in [7, 11) is 5.35. The molecular formula is C13H11N. The van der Waals surface area contributed by atoms with E-state index in [0.717, 1.165) is 5.69 Å². The minimum absolute atomic E-state index is 0.923. The van der Waals surface area contributed by atoms with Crippen LogP contribution in [0.15, 0.2) is 54.6 Å². The van der Waals surface area contributed by atoms with Crippen LogP contribution < -0.4 is 5.32 Å². The van der Waals surface area contributed by atoms with Crippen molar-refractivity contribution in [2.24, 2.45) is 0 Å². The summed E-state index contributed by atoms with van der Waals surface area (Å²) in [4.78, 5) is 0. The summed E-state index contributed by atoms with van der Waals surface area (Å²) >= 11 is 0. The van der Waals surface area contributed by atoms with Crippen LogP contribution in [0.5, 0.6) is 0 Å². The van der Waals surface area contributed by atoms with Crippen LogP contribution in [0.25, 0.3) is 11.1 Å². The second-order valence-corrected chi connectivity index (χ2v) is 3.09. The molecule has 2 aromatic carbocycles. The van der Waals surface area contributed by atoms with Gasteiger partial charge in [-0.15, -0.1) is 0 Å². The average Bonchev–Trinajstić information content (AvgIpc) is 2.30. The third-order valence-electron chi connectivity index (χ3n) is 2.14. The zero-order valence-electron chi connectivity index (χ0n) is 7.77. The molecule has 0 bridgehead atoms. The number of hydrogen-bond donors (Lipinski definition) is 1. The lowest BCUT2D eigenvalue weighted by Crippen LogP contribution is -1.84. The van der Waals surface area contributed by atoms with Crippen LogP contribution in [-0.4, -0.2) is 0 Å². The molecule has 1 nitrogen and oxygen atoms in total. The van der Waals surface area contributed by atoms with E-state index in [0.29, 0.717) is 0 Å². The van der Waals surface area contributed by atoms with Crippen LogP contribution in [0.1, 0.15) is 0 Å². The second kappa shape index (κ2) is 3.97. The molecule has 0 heterocycles. The Kier molecular flexibility index (Phi) is 2.50. The van der Waals surface area contributed by atoms with Crippen molar-refractivity contribution in [3.05, 3.63) is 61.6 Å². The van der Waals surface area contributed by atoms with Crippen LogP contribution in [0.3, 0.4) is 0 Å². The molecule has 68 valence electrons. The van der Waals surface area contributed by atoms with Crippen molar-refractivity contribution in [3.63, 3.8) is 0 Å². The van der Waals surface area contributed by atoms with E-state index in [1.54, 1.807) is 0 Å². The van der Waals surface area contributed by atoms with Gasteiger partial charge in [0.05, 0.1) is 7.05 Å². The normalized spacial score (nSPS) is 9.79. The number of anilines is 1. The summed E-state index contributed by atoms with van der Waals surface area (Å²) in [6, 6.07) is 18.2. The van der Waals surface area contributed by atoms with E-state index in [1.807, 2.05) is 36.4 Å². The molecule has 1 heteroatoms. The molecule has 0 atom stereocenters. The minimum atomic E-state index is 0.923. The van der Waals surface area contributed by atoms with Crippen molar-refractivity contribution >= 4 is 5.69 Å². The van der Waals surface area contributed by atoms with Gasteiger partial charge in [-0.3, -0.25) is 0 Å². The van der Waals surface area contributed by atoms with Crippen LogP contribution in [-0.2, 0) is 0 Å². The summed E-state index contributed by atoms with van der Waals surface area (Å²) in [6.07, 6.45) is 0. The van der Waals surface area contributed by atoms with Gasteiger partial charge in [-0.2, -0.15) is 0 Å². The molecule has 0 fully saturated rings. The molecule has 0 aromatic heterocycles. The fourth-order valence-corrected chi connectivity index (χ4v) is 1.42. The summed E-state index contributed by atoms with van der Waals surface area (Å²) in [5, 5.41) is 2.64. The molecule has 14 heavy (non-hydrogen) atoms. The highest BCUT2D eigenvalue weighted by Crippen LogP contribution is 2.21. The predicted octanol–water partition coefficient (Wildman–Crippen LogP) is 3.43. The topological polar surface area (TPSA) is 12.0 Å². The standard InChI is InChI=1S/C13H11N/c1-14-13-9-5-8-12(10-13)11-6-3-2-4-7-11/h1-10,14H. The lowest BCUT2D eigenvalue weighted by Gasteiger charge is -2.04. The van der Waals surface area contributed by atoms with Gasteiger partial charge in [0.15, 0.2) is 0 Å². The van der Waals surface area contributed by atoms with E-state index < -0.39 is 0 Å². The smallest absolute Gasteiger partial charge is 0.0705 e. The first-order valence-corrected chi connectivity index (χ1v) is 4.52. The lowest BCUT2D eigenvalue weighted by molar-refractivity contribution is 1.57. The summed E-state index contributed by atoms with van der Waals surface area (Å²) in [5.74, 6) is 0. The molecule has 0 aliphatic heterocycles. The quantitative estimate of drug-likeness (QED) is 0.700. The lowest BCUT2D eigenvalue weighted by atomic mass is 10.1. The Labute approximate surface area is 84.4 Å². The van der Waals surface area contributed by atoms with E-state index in [1.165, 1.54) is 11.1 Å². The van der Waals surface area contributed by atoms with Crippen LogP contribution in [0.2, 0.25) is 0 Å². The Bertz CT molecular complexity index is 407. The molecule has 2 aromatic rings. The zero-order chi connectivity index (χ0) is 9.80. The molecule has 0 unspecified atom stereocenters. The molecule has 2 radical (unpaired) electrons. The van der Waals surface area contributed by atoms with E-state index >= 15 is 0 Å². The maximum atomic E-state index is 5.35. The van der Waals surface area contributed by atoms with Gasteiger partial charge >= 0.3 is 0 Å². The second-order valence-electron chi connectivity index (χ2n) is 3.09. The maximum absolute atomic E-state index is 5.35. The Morgan fingerprint density at radius 2 is 1.50 bits per heavy atom. The van der Waals surface area contributed by atoms with Crippen LogP contribution in [0, 0.1) is 7.05 Å². The molecule has 0 spiro atoms. The van der Waals surface area contributed by atoms with Gasteiger partial charge in [-0.25, -0.2) is 0 Å². The fraction of sp³-hybridized carbons (Fsp3) is 0. The molecule has 1 N–H and O–H groups in total. The summed E-state index contributed by atoms with van der Waals surface area (Å²) in [5.41, 5.74) is 3.29. The molecule has 0 aliphatic carbocycles. The number of rotatable bonds is 2. The molecule has 0 amide bonds. The summed E-state index contributed by atoms with van der Waals surface area (Å²) < 4.78 is 0.